The topological polar surface area (TPSA) is 46.9 Å². The maximum atomic E-state index is 13.6. The van der Waals surface area contributed by atoms with Crippen LogP contribution >= 0.6 is 0 Å². The van der Waals surface area contributed by atoms with Gasteiger partial charge in [-0.15, -0.1) is 0 Å². The van der Waals surface area contributed by atoms with Gasteiger partial charge in [-0.1, -0.05) is 18.2 Å². The number of nitrogens with one attached hydrogen (secondary N) is 1. The lowest BCUT2D eigenvalue weighted by molar-refractivity contribution is -0.116. The summed E-state index contributed by atoms with van der Waals surface area (Å²) in [6.45, 7) is 7.02. The Balaban J connectivity index is 1.82. The van der Waals surface area contributed by atoms with Gasteiger partial charge in [0, 0.05) is 30.4 Å². The zero-order chi connectivity index (χ0) is 16.8. The molecule has 0 saturated carbocycles. The van der Waals surface area contributed by atoms with Crippen LogP contribution in [0, 0.1) is 19.7 Å². The molecule has 0 radical (unpaired) electrons. The third kappa shape index (κ3) is 4.77. The Morgan fingerprint density at radius 2 is 2.09 bits per heavy atom. The minimum atomic E-state index is -0.321. The van der Waals surface area contributed by atoms with Crippen LogP contribution in [-0.4, -0.2) is 22.2 Å². The summed E-state index contributed by atoms with van der Waals surface area (Å²) in [5.41, 5.74) is 3.17. The molecule has 23 heavy (non-hydrogen) atoms. The molecule has 0 aliphatic carbocycles. The van der Waals surface area contributed by atoms with E-state index in [1.807, 2.05) is 24.6 Å². The van der Waals surface area contributed by atoms with Gasteiger partial charge in [-0.05, 0) is 44.9 Å². The zero-order valence-electron chi connectivity index (χ0n) is 13.8. The van der Waals surface area contributed by atoms with Crippen LogP contribution in [0.2, 0.25) is 0 Å². The lowest BCUT2D eigenvalue weighted by atomic mass is 10.1. The molecule has 4 nitrogen and oxygen atoms in total. The number of aryl methyl sites for hydroxylation is 3. The Morgan fingerprint density at radius 3 is 2.74 bits per heavy atom. The highest BCUT2D eigenvalue weighted by molar-refractivity contribution is 5.94. The van der Waals surface area contributed by atoms with E-state index in [4.69, 9.17) is 0 Å². The van der Waals surface area contributed by atoms with Crippen molar-refractivity contribution in [2.75, 3.05) is 6.54 Å². The van der Waals surface area contributed by atoms with Crippen molar-refractivity contribution in [1.82, 2.24) is 15.1 Å². The molecule has 5 heteroatoms. The van der Waals surface area contributed by atoms with E-state index in [1.165, 1.54) is 12.1 Å². The van der Waals surface area contributed by atoms with Crippen molar-refractivity contribution in [2.45, 2.75) is 33.7 Å². The van der Waals surface area contributed by atoms with Gasteiger partial charge in [0.05, 0.1) is 5.69 Å². The number of benzene rings is 1. The zero-order valence-corrected chi connectivity index (χ0v) is 13.8. The largest absolute Gasteiger partial charge is 0.352 e. The Hall–Kier alpha value is -2.43. The second kappa shape index (κ2) is 7.72. The monoisotopic (exact) mass is 315 g/mol. The number of amides is 1. The van der Waals surface area contributed by atoms with Gasteiger partial charge in [0.2, 0.25) is 5.91 Å². The summed E-state index contributed by atoms with van der Waals surface area (Å²) in [7, 11) is 0. The number of allylic oxidation sites excluding steroid dienone is 1. The minimum Gasteiger partial charge on any atom is -0.352 e. The predicted molar refractivity (Wildman–Crippen MR) is 89.4 cm³/mol. The van der Waals surface area contributed by atoms with Crippen LogP contribution in [-0.2, 0) is 11.3 Å². The molecule has 1 aromatic heterocycles. The normalized spacial score (nSPS) is 11.6. The highest BCUT2D eigenvalue weighted by atomic mass is 19.1. The SMILES string of the molecule is CC(=CC(=O)NCCCn1nc(C)cc1C)c1ccccc1F. The number of hydrogen-bond donors (Lipinski definition) is 1. The molecule has 1 aromatic carbocycles. The molecule has 1 heterocycles. The van der Waals surface area contributed by atoms with Crippen molar-refractivity contribution < 1.29 is 9.18 Å². The van der Waals surface area contributed by atoms with Crippen molar-refractivity contribution in [1.29, 1.82) is 0 Å². The van der Waals surface area contributed by atoms with Gasteiger partial charge in [-0.3, -0.25) is 9.48 Å². The number of carbonyl (C=O) groups is 1. The molecule has 0 spiro atoms. The van der Waals surface area contributed by atoms with Crippen molar-refractivity contribution in [2.24, 2.45) is 0 Å². The Kier molecular flexibility index (Phi) is 5.68. The van der Waals surface area contributed by atoms with Crippen LogP contribution in [0.25, 0.3) is 5.57 Å². The molecule has 0 atom stereocenters. The van der Waals surface area contributed by atoms with Crippen molar-refractivity contribution in [3.8, 4) is 0 Å². The minimum absolute atomic E-state index is 0.209. The standard InChI is InChI=1S/C18H22FN3O/c1-13(16-7-4-5-8-17(16)19)11-18(23)20-9-6-10-22-15(3)12-14(2)21-22/h4-5,7-8,11-12H,6,9-10H2,1-3H3,(H,20,23). The quantitative estimate of drug-likeness (QED) is 0.657. The molecule has 2 rings (SSSR count). The molecular weight excluding hydrogens is 293 g/mol. The molecule has 2 aromatic rings. The van der Waals surface area contributed by atoms with Crippen LogP contribution in [0.5, 0.6) is 0 Å². The van der Waals surface area contributed by atoms with E-state index in [2.05, 4.69) is 10.4 Å². The summed E-state index contributed by atoms with van der Waals surface area (Å²) in [6.07, 6.45) is 2.22. The first kappa shape index (κ1) is 16.9. The van der Waals surface area contributed by atoms with Gasteiger partial charge in [-0.25, -0.2) is 4.39 Å². The molecule has 0 aliphatic rings. The summed E-state index contributed by atoms with van der Waals surface area (Å²) >= 11 is 0. The summed E-state index contributed by atoms with van der Waals surface area (Å²) in [5.74, 6) is -0.530. The second-order valence-corrected chi connectivity index (χ2v) is 5.60. The molecule has 0 bridgehead atoms. The van der Waals surface area contributed by atoms with Gasteiger partial charge in [0.1, 0.15) is 5.82 Å². The van der Waals surface area contributed by atoms with E-state index in [0.29, 0.717) is 17.7 Å². The fraction of sp³-hybridized carbons (Fsp3) is 0.333. The number of carbonyl (C=O) groups excluding carboxylic acids is 1. The molecule has 0 saturated heterocycles. The number of halogens is 1. The average Bonchev–Trinajstić information content (AvgIpc) is 2.82. The number of rotatable bonds is 6. The third-order valence-electron chi connectivity index (χ3n) is 3.60. The van der Waals surface area contributed by atoms with E-state index in [1.54, 1.807) is 25.1 Å². The van der Waals surface area contributed by atoms with E-state index in [9.17, 15) is 9.18 Å². The first-order valence-electron chi connectivity index (χ1n) is 7.69. The molecule has 0 aliphatic heterocycles. The summed E-state index contributed by atoms with van der Waals surface area (Å²) in [5, 5.41) is 7.20. The Bertz CT molecular complexity index is 719. The number of hydrogen-bond acceptors (Lipinski definition) is 2. The first-order chi connectivity index (χ1) is 11.0. The van der Waals surface area contributed by atoms with Crippen LogP contribution in [0.15, 0.2) is 36.4 Å². The number of aromatic nitrogens is 2. The summed E-state index contributed by atoms with van der Waals surface area (Å²) in [4.78, 5) is 11.9. The van der Waals surface area contributed by atoms with Gasteiger partial charge in [-0.2, -0.15) is 5.10 Å². The van der Waals surface area contributed by atoms with Crippen LogP contribution in [0.3, 0.4) is 0 Å². The summed E-state index contributed by atoms with van der Waals surface area (Å²) in [6, 6.07) is 8.46. The molecular formula is C18H22FN3O. The molecule has 1 N–H and O–H groups in total. The fourth-order valence-corrected chi connectivity index (χ4v) is 2.45. The fourth-order valence-electron chi connectivity index (χ4n) is 2.45. The van der Waals surface area contributed by atoms with E-state index < -0.39 is 0 Å². The van der Waals surface area contributed by atoms with Crippen LogP contribution in [0.1, 0.15) is 30.3 Å². The van der Waals surface area contributed by atoms with Crippen LogP contribution in [0.4, 0.5) is 4.39 Å². The molecule has 122 valence electrons. The van der Waals surface area contributed by atoms with E-state index in [-0.39, 0.29) is 11.7 Å². The smallest absolute Gasteiger partial charge is 0.244 e. The highest BCUT2D eigenvalue weighted by Crippen LogP contribution is 2.16. The third-order valence-corrected chi connectivity index (χ3v) is 3.60. The predicted octanol–water partition coefficient (Wildman–Crippen LogP) is 3.25. The van der Waals surface area contributed by atoms with Crippen LogP contribution < -0.4 is 5.32 Å². The number of nitrogens with zero attached hydrogens (tertiary/aromatic N) is 2. The molecule has 0 fully saturated rings. The lowest BCUT2D eigenvalue weighted by Crippen LogP contribution is -2.23. The molecule has 0 unspecified atom stereocenters. The van der Waals surface area contributed by atoms with Gasteiger partial charge in [0.15, 0.2) is 0 Å². The molecule has 1 amide bonds. The van der Waals surface area contributed by atoms with E-state index >= 15 is 0 Å². The Labute approximate surface area is 136 Å². The van der Waals surface area contributed by atoms with Gasteiger partial charge >= 0.3 is 0 Å². The van der Waals surface area contributed by atoms with Crippen molar-refractivity contribution >= 4 is 11.5 Å². The second-order valence-electron chi connectivity index (χ2n) is 5.60. The Morgan fingerprint density at radius 1 is 1.35 bits per heavy atom. The van der Waals surface area contributed by atoms with Crippen molar-refractivity contribution in [3.05, 3.63) is 59.2 Å². The van der Waals surface area contributed by atoms with Gasteiger partial charge < -0.3 is 5.32 Å². The lowest BCUT2D eigenvalue weighted by Gasteiger charge is -2.06. The average molecular weight is 315 g/mol. The van der Waals surface area contributed by atoms with E-state index in [0.717, 1.165) is 24.4 Å². The summed E-state index contributed by atoms with van der Waals surface area (Å²) < 4.78 is 15.6. The highest BCUT2D eigenvalue weighted by Gasteiger charge is 2.05. The van der Waals surface area contributed by atoms with Crippen molar-refractivity contribution in [3.63, 3.8) is 0 Å². The first-order valence-corrected chi connectivity index (χ1v) is 7.69. The maximum Gasteiger partial charge on any atom is 0.244 e. The maximum absolute atomic E-state index is 13.6. The van der Waals surface area contributed by atoms with Gasteiger partial charge in [0.25, 0.3) is 0 Å².